The summed E-state index contributed by atoms with van der Waals surface area (Å²) < 4.78 is 32.1. The van der Waals surface area contributed by atoms with Crippen molar-refractivity contribution >= 4 is 5.91 Å². The summed E-state index contributed by atoms with van der Waals surface area (Å²) in [5.41, 5.74) is -0.423. The van der Waals surface area contributed by atoms with Crippen LogP contribution >= 0.6 is 0 Å². The minimum atomic E-state index is -1.41. The first kappa shape index (κ1) is 14.9. The predicted octanol–water partition coefficient (Wildman–Crippen LogP) is 1.54. The van der Waals surface area contributed by atoms with Gasteiger partial charge >= 0.3 is 0 Å². The lowest BCUT2D eigenvalue weighted by atomic mass is 10.0. The Kier molecular flexibility index (Phi) is 5.03. The highest BCUT2D eigenvalue weighted by Gasteiger charge is 2.23. The van der Waals surface area contributed by atoms with Crippen LogP contribution in [0.1, 0.15) is 24.5 Å². The Morgan fingerprint density at radius 2 is 2.15 bits per heavy atom. The lowest BCUT2D eigenvalue weighted by molar-refractivity contribution is -0.129. The summed E-state index contributed by atoms with van der Waals surface area (Å²) in [5, 5.41) is 12.3. The maximum atomic E-state index is 13.4. The second kappa shape index (κ2) is 6.76. The standard InChI is InChI=1S/C14H17F2NO3/c15-10-4-1-5-11(16)13(10)12(18)7-17-14(19)9-3-2-6-20-8-9/h1,4-5,9,12,18H,2-3,6-8H2,(H,17,19). The van der Waals surface area contributed by atoms with Crippen LogP contribution in [0.25, 0.3) is 0 Å². The molecule has 0 saturated carbocycles. The molecule has 4 nitrogen and oxygen atoms in total. The number of halogens is 2. The third-order valence-corrected chi connectivity index (χ3v) is 3.33. The smallest absolute Gasteiger partial charge is 0.225 e. The van der Waals surface area contributed by atoms with Crippen LogP contribution in [0.5, 0.6) is 0 Å². The Labute approximate surface area is 115 Å². The molecule has 0 spiro atoms. The van der Waals surface area contributed by atoms with Crippen molar-refractivity contribution < 1.29 is 23.4 Å². The molecule has 2 rings (SSSR count). The van der Waals surface area contributed by atoms with Crippen molar-refractivity contribution in [2.24, 2.45) is 5.92 Å². The minimum Gasteiger partial charge on any atom is -0.386 e. The normalized spacial score (nSPS) is 20.4. The fourth-order valence-corrected chi connectivity index (χ4v) is 2.22. The zero-order chi connectivity index (χ0) is 14.5. The molecule has 2 unspecified atom stereocenters. The molecule has 2 N–H and O–H groups in total. The van der Waals surface area contributed by atoms with Crippen molar-refractivity contribution in [1.29, 1.82) is 0 Å². The van der Waals surface area contributed by atoms with E-state index in [4.69, 9.17) is 4.74 Å². The van der Waals surface area contributed by atoms with Gasteiger partial charge in [0.25, 0.3) is 0 Å². The van der Waals surface area contributed by atoms with Crippen molar-refractivity contribution in [2.75, 3.05) is 19.8 Å². The molecule has 0 bridgehead atoms. The third kappa shape index (κ3) is 3.52. The number of hydrogen-bond acceptors (Lipinski definition) is 3. The summed E-state index contributed by atoms with van der Waals surface area (Å²) in [7, 11) is 0. The van der Waals surface area contributed by atoms with Gasteiger partial charge in [0, 0.05) is 13.2 Å². The van der Waals surface area contributed by atoms with Gasteiger partial charge in [-0.3, -0.25) is 4.79 Å². The molecule has 1 aromatic rings. The van der Waals surface area contributed by atoms with Crippen LogP contribution in [-0.4, -0.2) is 30.8 Å². The summed E-state index contributed by atoms with van der Waals surface area (Å²) in [6.07, 6.45) is 0.114. The first-order valence-electron chi connectivity index (χ1n) is 6.57. The molecule has 20 heavy (non-hydrogen) atoms. The minimum absolute atomic E-state index is 0.229. The predicted molar refractivity (Wildman–Crippen MR) is 67.9 cm³/mol. The van der Waals surface area contributed by atoms with E-state index in [1.807, 2.05) is 0 Å². The zero-order valence-electron chi connectivity index (χ0n) is 10.9. The maximum absolute atomic E-state index is 13.4. The van der Waals surface area contributed by atoms with Gasteiger partial charge in [-0.1, -0.05) is 6.07 Å². The lowest BCUT2D eigenvalue weighted by Crippen LogP contribution is -2.37. The molecular formula is C14H17F2NO3. The van der Waals surface area contributed by atoms with E-state index in [2.05, 4.69) is 5.32 Å². The average molecular weight is 285 g/mol. The third-order valence-electron chi connectivity index (χ3n) is 3.33. The largest absolute Gasteiger partial charge is 0.386 e. The van der Waals surface area contributed by atoms with Crippen LogP contribution in [0.4, 0.5) is 8.78 Å². The molecule has 1 aromatic carbocycles. The number of nitrogens with one attached hydrogen (secondary N) is 1. The van der Waals surface area contributed by atoms with Crippen molar-refractivity contribution in [2.45, 2.75) is 18.9 Å². The number of hydrogen-bond donors (Lipinski definition) is 2. The van der Waals surface area contributed by atoms with Gasteiger partial charge < -0.3 is 15.2 Å². The van der Waals surface area contributed by atoms with Gasteiger partial charge in [0.1, 0.15) is 17.7 Å². The van der Waals surface area contributed by atoms with E-state index in [1.165, 1.54) is 6.07 Å². The molecular weight excluding hydrogens is 268 g/mol. The highest BCUT2D eigenvalue weighted by Crippen LogP contribution is 2.20. The number of amides is 1. The van der Waals surface area contributed by atoms with Gasteiger partial charge in [-0.15, -0.1) is 0 Å². The van der Waals surface area contributed by atoms with Gasteiger partial charge in [0.2, 0.25) is 5.91 Å². The van der Waals surface area contributed by atoms with Crippen LogP contribution in [0.2, 0.25) is 0 Å². The van der Waals surface area contributed by atoms with Crippen LogP contribution in [-0.2, 0) is 9.53 Å². The Morgan fingerprint density at radius 3 is 2.75 bits per heavy atom. The number of aliphatic hydroxyl groups excluding tert-OH is 1. The summed E-state index contributed by atoms with van der Waals surface area (Å²) in [6, 6.07) is 3.36. The van der Waals surface area contributed by atoms with Crippen LogP contribution in [0, 0.1) is 17.6 Å². The highest BCUT2D eigenvalue weighted by atomic mass is 19.1. The van der Waals surface area contributed by atoms with Gasteiger partial charge in [0.15, 0.2) is 0 Å². The van der Waals surface area contributed by atoms with E-state index in [9.17, 15) is 18.7 Å². The van der Waals surface area contributed by atoms with E-state index in [1.54, 1.807) is 0 Å². The van der Waals surface area contributed by atoms with E-state index in [0.717, 1.165) is 25.0 Å². The van der Waals surface area contributed by atoms with E-state index in [0.29, 0.717) is 13.2 Å². The second-order valence-electron chi connectivity index (χ2n) is 4.81. The molecule has 1 heterocycles. The molecule has 1 amide bonds. The maximum Gasteiger partial charge on any atom is 0.225 e. The molecule has 0 aliphatic carbocycles. The number of rotatable bonds is 4. The summed E-state index contributed by atoms with van der Waals surface area (Å²) in [6.45, 7) is 0.760. The van der Waals surface area contributed by atoms with Gasteiger partial charge in [-0.2, -0.15) is 0 Å². The van der Waals surface area contributed by atoms with Crippen molar-refractivity contribution in [3.05, 3.63) is 35.4 Å². The number of aliphatic hydroxyl groups is 1. The van der Waals surface area contributed by atoms with Crippen molar-refractivity contribution in [3.8, 4) is 0 Å². The van der Waals surface area contributed by atoms with E-state index >= 15 is 0 Å². The summed E-state index contributed by atoms with van der Waals surface area (Å²) in [4.78, 5) is 11.8. The topological polar surface area (TPSA) is 58.6 Å². The molecule has 6 heteroatoms. The molecule has 1 aliphatic rings. The monoisotopic (exact) mass is 285 g/mol. The Morgan fingerprint density at radius 1 is 1.45 bits per heavy atom. The van der Waals surface area contributed by atoms with Crippen molar-refractivity contribution in [1.82, 2.24) is 5.32 Å². The lowest BCUT2D eigenvalue weighted by Gasteiger charge is -2.22. The van der Waals surface area contributed by atoms with Gasteiger partial charge in [0.05, 0.1) is 18.1 Å². The van der Waals surface area contributed by atoms with Crippen LogP contribution < -0.4 is 5.32 Å². The summed E-state index contributed by atoms with van der Waals surface area (Å²) >= 11 is 0. The molecule has 0 aromatic heterocycles. The fraction of sp³-hybridized carbons (Fsp3) is 0.500. The van der Waals surface area contributed by atoms with Gasteiger partial charge in [-0.05, 0) is 25.0 Å². The van der Waals surface area contributed by atoms with E-state index in [-0.39, 0.29) is 18.4 Å². The summed E-state index contributed by atoms with van der Waals surface area (Å²) in [5.74, 6) is -2.18. The number of carbonyl (C=O) groups is 1. The van der Waals surface area contributed by atoms with Crippen LogP contribution in [0.3, 0.4) is 0 Å². The average Bonchev–Trinajstić information content (AvgIpc) is 2.45. The van der Waals surface area contributed by atoms with E-state index < -0.39 is 23.3 Å². The fourth-order valence-electron chi connectivity index (χ4n) is 2.22. The van der Waals surface area contributed by atoms with Gasteiger partial charge in [-0.25, -0.2) is 8.78 Å². The second-order valence-corrected chi connectivity index (χ2v) is 4.81. The van der Waals surface area contributed by atoms with Crippen LogP contribution in [0.15, 0.2) is 18.2 Å². The van der Waals surface area contributed by atoms with Crippen molar-refractivity contribution in [3.63, 3.8) is 0 Å². The Bertz CT molecular complexity index is 455. The highest BCUT2D eigenvalue weighted by molar-refractivity contribution is 5.78. The number of benzene rings is 1. The SMILES string of the molecule is O=C(NCC(O)c1c(F)cccc1F)C1CCCOC1. The Balaban J connectivity index is 1.91. The number of ether oxygens (including phenoxy) is 1. The molecule has 1 aliphatic heterocycles. The quantitative estimate of drug-likeness (QED) is 0.882. The Hall–Kier alpha value is -1.53. The first-order valence-corrected chi connectivity index (χ1v) is 6.57. The molecule has 110 valence electrons. The zero-order valence-corrected chi connectivity index (χ0v) is 10.9. The molecule has 2 atom stereocenters. The molecule has 1 fully saturated rings. The first-order chi connectivity index (χ1) is 9.59. The number of carbonyl (C=O) groups excluding carboxylic acids is 1. The molecule has 0 radical (unpaired) electrons. The molecule has 1 saturated heterocycles.